The fourth-order valence-electron chi connectivity index (χ4n) is 5.63. The highest BCUT2D eigenvalue weighted by Crippen LogP contribution is 2.26. The predicted octanol–water partition coefficient (Wildman–Crippen LogP) is 4.48. The monoisotopic (exact) mass is 640 g/mol. The van der Waals surface area contributed by atoms with E-state index in [9.17, 15) is 14.4 Å². The van der Waals surface area contributed by atoms with E-state index in [-0.39, 0.29) is 11.3 Å². The van der Waals surface area contributed by atoms with Gasteiger partial charge in [-0.1, -0.05) is 46.8 Å². The molecule has 0 saturated carbocycles. The number of aliphatic carboxylic acids is 1. The minimum atomic E-state index is -1.54. The molecule has 0 aliphatic heterocycles. The first-order chi connectivity index (χ1) is 23.3. The maximum atomic E-state index is 13.5. The highest BCUT2D eigenvalue weighted by atomic mass is 16.5. The summed E-state index contributed by atoms with van der Waals surface area (Å²) in [6, 6.07) is 25.3. The smallest absolute Gasteiger partial charge is 0.377 e. The molecule has 0 aliphatic carbocycles. The third-order valence-corrected chi connectivity index (χ3v) is 8.08. The number of H-pyrrole nitrogens is 1. The number of nitrogens with one attached hydrogen (secondary N) is 2. The van der Waals surface area contributed by atoms with Gasteiger partial charge in [0.1, 0.15) is 11.4 Å². The van der Waals surface area contributed by atoms with Crippen molar-refractivity contribution in [3.63, 3.8) is 0 Å². The van der Waals surface area contributed by atoms with Gasteiger partial charge in [0, 0.05) is 28.2 Å². The molecule has 0 aliphatic rings. The summed E-state index contributed by atoms with van der Waals surface area (Å²) < 4.78 is 8.43. The van der Waals surface area contributed by atoms with E-state index in [2.05, 4.69) is 37.0 Å². The Labute approximate surface area is 272 Å². The van der Waals surface area contributed by atoms with Gasteiger partial charge in [0.2, 0.25) is 0 Å². The van der Waals surface area contributed by atoms with Gasteiger partial charge in [0.05, 0.1) is 37.8 Å². The Hall–Kier alpha value is -6.63. The number of amides is 1. The zero-order valence-electron chi connectivity index (χ0n) is 25.6. The first-order valence-electron chi connectivity index (χ1n) is 15.0. The van der Waals surface area contributed by atoms with E-state index < -0.39 is 23.7 Å². The number of fused-ring (bicyclic) bond motifs is 2. The normalized spacial score (nSPS) is 11.9. The van der Waals surface area contributed by atoms with Gasteiger partial charge in [-0.25, -0.2) is 14.2 Å². The second-order valence-electron chi connectivity index (χ2n) is 11.2. The minimum Gasteiger partial charge on any atom is -0.497 e. The molecule has 0 unspecified atom stereocenters. The lowest BCUT2D eigenvalue weighted by atomic mass is 10.0. The van der Waals surface area contributed by atoms with Crippen LogP contribution in [0.3, 0.4) is 0 Å². The number of ether oxygens (including phenoxy) is 1. The minimum absolute atomic E-state index is 0.0296. The van der Waals surface area contributed by atoms with Crippen LogP contribution in [0.25, 0.3) is 38.6 Å². The average Bonchev–Trinajstić information content (AvgIpc) is 3.88. The van der Waals surface area contributed by atoms with Gasteiger partial charge in [-0.15, -0.1) is 10.2 Å². The van der Waals surface area contributed by atoms with Crippen molar-refractivity contribution in [3.8, 4) is 22.7 Å². The van der Waals surface area contributed by atoms with E-state index >= 15 is 0 Å². The molecule has 4 aromatic carbocycles. The second kappa shape index (κ2) is 12.6. The van der Waals surface area contributed by atoms with Crippen molar-refractivity contribution in [2.45, 2.75) is 19.0 Å². The molecule has 13 nitrogen and oxygen atoms in total. The predicted molar refractivity (Wildman–Crippen MR) is 176 cm³/mol. The molecule has 0 saturated heterocycles. The Morgan fingerprint density at radius 1 is 0.917 bits per heavy atom. The van der Waals surface area contributed by atoms with E-state index in [0.29, 0.717) is 24.3 Å². The topological polar surface area (TPSA) is 170 Å². The van der Waals surface area contributed by atoms with Crippen molar-refractivity contribution < 1.29 is 24.2 Å². The Morgan fingerprint density at radius 3 is 2.52 bits per heavy atom. The summed E-state index contributed by atoms with van der Waals surface area (Å²) >= 11 is 0. The highest BCUT2D eigenvalue weighted by molar-refractivity contribution is 6.39. The van der Waals surface area contributed by atoms with Crippen molar-refractivity contribution in [1.29, 1.82) is 0 Å². The Morgan fingerprint density at radius 2 is 1.71 bits per heavy atom. The molecular weight excluding hydrogens is 612 g/mol. The molecule has 0 spiro atoms. The Balaban J connectivity index is 1.12. The van der Waals surface area contributed by atoms with Crippen molar-refractivity contribution >= 4 is 39.3 Å². The lowest BCUT2D eigenvalue weighted by Gasteiger charge is -2.18. The first-order valence-corrected chi connectivity index (χ1v) is 15.0. The number of carboxylic acids is 1. The lowest BCUT2D eigenvalue weighted by molar-refractivity contribution is -0.131. The highest BCUT2D eigenvalue weighted by Gasteiger charge is 2.21. The summed E-state index contributed by atoms with van der Waals surface area (Å²) in [5.74, 6) is -2.20. The molecule has 0 radical (unpaired) electrons. The average molecular weight is 641 g/mol. The van der Waals surface area contributed by atoms with Crippen LogP contribution in [-0.4, -0.2) is 70.9 Å². The number of carbonyl (C=O) groups excluding carboxylic acids is 2. The number of Topliss-reactive ketones (excluding diaryl/α,β-unsaturated/α-hetero) is 1. The number of aromatic nitrogens is 7. The van der Waals surface area contributed by atoms with Crippen LogP contribution in [0.1, 0.15) is 26.4 Å². The van der Waals surface area contributed by atoms with Gasteiger partial charge in [-0.05, 0) is 71.3 Å². The molecule has 3 heterocycles. The van der Waals surface area contributed by atoms with Crippen LogP contribution < -0.4 is 10.1 Å². The third-order valence-electron chi connectivity index (χ3n) is 8.08. The van der Waals surface area contributed by atoms with Gasteiger partial charge in [-0.2, -0.15) is 0 Å². The largest absolute Gasteiger partial charge is 0.497 e. The molecule has 3 aromatic heterocycles. The Kier molecular flexibility index (Phi) is 7.91. The number of benzene rings is 4. The van der Waals surface area contributed by atoms with Gasteiger partial charge in [-0.3, -0.25) is 9.59 Å². The molecular formula is C35H28N8O5. The van der Waals surface area contributed by atoms with Crippen LogP contribution in [0.5, 0.6) is 5.75 Å². The fourth-order valence-corrected chi connectivity index (χ4v) is 5.63. The molecule has 0 fully saturated rings. The van der Waals surface area contributed by atoms with Crippen molar-refractivity contribution in [3.05, 3.63) is 120 Å². The number of ketones is 1. The Bertz CT molecular complexity index is 2300. The number of aromatic amines is 1. The number of hydrogen-bond donors (Lipinski definition) is 3. The van der Waals surface area contributed by atoms with Gasteiger partial charge in [0.25, 0.3) is 11.7 Å². The van der Waals surface area contributed by atoms with E-state index in [4.69, 9.17) is 9.84 Å². The van der Waals surface area contributed by atoms with E-state index in [1.165, 1.54) is 35.1 Å². The van der Waals surface area contributed by atoms with Crippen molar-refractivity contribution in [2.24, 2.45) is 0 Å². The van der Waals surface area contributed by atoms with Crippen molar-refractivity contribution in [1.82, 2.24) is 40.3 Å². The van der Waals surface area contributed by atoms with Crippen LogP contribution in [0.2, 0.25) is 0 Å². The lowest BCUT2D eigenvalue weighted by Crippen LogP contribution is -2.40. The van der Waals surface area contributed by atoms with E-state index in [1.54, 1.807) is 11.8 Å². The summed E-state index contributed by atoms with van der Waals surface area (Å²) in [5, 5.41) is 32.1. The van der Waals surface area contributed by atoms with Crippen LogP contribution >= 0.6 is 0 Å². The molecule has 0 bridgehead atoms. The number of carboxylic acid groups (broad SMARTS) is 1. The second-order valence-corrected chi connectivity index (χ2v) is 11.2. The summed E-state index contributed by atoms with van der Waals surface area (Å²) in [6.07, 6.45) is 5.76. The van der Waals surface area contributed by atoms with Crippen LogP contribution in [0, 0.1) is 0 Å². The molecule has 13 heteroatoms. The molecule has 238 valence electrons. The SMILES string of the molecule is COc1ccc2cc(-c3cn(C[C@H](Cc4c[nH]c5ccccc45)NC(=O)c4cn(-c5ccc(C(=O)C(=O)O)cc5)nn4)nn3)ccc2c1. The van der Waals surface area contributed by atoms with E-state index in [1.807, 2.05) is 67.0 Å². The molecule has 1 amide bonds. The zero-order chi connectivity index (χ0) is 33.2. The summed E-state index contributed by atoms with van der Waals surface area (Å²) in [5.41, 5.74) is 4.24. The summed E-state index contributed by atoms with van der Waals surface area (Å²) in [7, 11) is 1.64. The third kappa shape index (κ3) is 6.11. The van der Waals surface area contributed by atoms with E-state index in [0.717, 1.165) is 38.6 Å². The molecule has 7 aromatic rings. The number of carbonyl (C=O) groups is 3. The quantitative estimate of drug-likeness (QED) is 0.136. The van der Waals surface area contributed by atoms with Gasteiger partial charge < -0.3 is 20.1 Å². The molecule has 48 heavy (non-hydrogen) atoms. The number of hydrogen-bond acceptors (Lipinski definition) is 8. The summed E-state index contributed by atoms with van der Waals surface area (Å²) in [4.78, 5) is 39.5. The number of para-hydroxylation sites is 1. The summed E-state index contributed by atoms with van der Waals surface area (Å²) in [6.45, 7) is 0.330. The van der Waals surface area contributed by atoms with Crippen LogP contribution in [-0.2, 0) is 17.8 Å². The van der Waals surface area contributed by atoms with Gasteiger partial charge in [0.15, 0.2) is 5.69 Å². The standard InChI is InChI=1S/C35H28N8O5/c1-48-28-13-10-22-14-24(7-6-23(22)16-28)31-19-42(40-38-31)18-26(15-25-17-36-30-5-3-2-4-29(25)30)37-34(45)32-20-43(41-39-32)27-11-8-21(9-12-27)33(44)35(46)47/h2-14,16-17,19-20,26,36H,15,18H2,1H3,(H,37,45)(H,46,47)/t26-/m0/s1. The molecule has 7 rings (SSSR count). The first kappa shape index (κ1) is 30.0. The molecule has 1 atom stereocenters. The maximum absolute atomic E-state index is 13.5. The maximum Gasteiger partial charge on any atom is 0.377 e. The van der Waals surface area contributed by atoms with Crippen molar-refractivity contribution in [2.75, 3.05) is 7.11 Å². The number of methoxy groups -OCH3 is 1. The molecule has 3 N–H and O–H groups in total. The van der Waals surface area contributed by atoms with Crippen LogP contribution in [0.15, 0.2) is 104 Å². The zero-order valence-corrected chi connectivity index (χ0v) is 25.6. The van der Waals surface area contributed by atoms with Gasteiger partial charge >= 0.3 is 5.97 Å². The number of rotatable bonds is 11. The van der Waals surface area contributed by atoms with Crippen LogP contribution in [0.4, 0.5) is 0 Å². The fraction of sp³-hybridized carbons (Fsp3) is 0.114. The number of nitrogens with zero attached hydrogens (tertiary/aromatic N) is 6.